The van der Waals surface area contributed by atoms with Crippen LogP contribution in [-0.2, 0) is 0 Å². The van der Waals surface area contributed by atoms with Gasteiger partial charge in [0.05, 0.1) is 11.1 Å². The lowest BCUT2D eigenvalue weighted by molar-refractivity contribution is -0.274. The third-order valence-electron chi connectivity index (χ3n) is 1.98. The molecule has 0 fully saturated rings. The smallest absolute Gasteiger partial charge is 0.493 e. The molecule has 102 valence electrons. The molecule has 1 rings (SSSR count). The molecular formula is C11H12BrF3O2S. The average Bonchev–Trinajstić information content (AvgIpc) is 2.27. The van der Waals surface area contributed by atoms with Gasteiger partial charge in [0.2, 0.25) is 0 Å². The maximum absolute atomic E-state index is 12.0. The van der Waals surface area contributed by atoms with Gasteiger partial charge in [-0.15, -0.1) is 13.2 Å². The van der Waals surface area contributed by atoms with Crippen molar-refractivity contribution in [1.82, 2.24) is 0 Å². The highest BCUT2D eigenvalue weighted by molar-refractivity contribution is 9.10. The Morgan fingerprint density at radius 3 is 2.56 bits per heavy atom. The van der Waals surface area contributed by atoms with Crippen LogP contribution in [-0.4, -0.2) is 18.7 Å². The Kier molecular flexibility index (Phi) is 5.65. The van der Waals surface area contributed by atoms with Crippen molar-refractivity contribution in [2.45, 2.75) is 13.3 Å². The Hall–Kier alpha value is -0.560. The predicted octanol–water partition coefficient (Wildman–Crippen LogP) is 4.29. The third kappa shape index (κ3) is 5.39. The molecule has 7 heteroatoms. The van der Waals surface area contributed by atoms with E-state index in [-0.39, 0.29) is 16.1 Å². The maximum Gasteiger partial charge on any atom is 0.573 e. The van der Waals surface area contributed by atoms with Gasteiger partial charge >= 0.3 is 6.36 Å². The number of benzene rings is 1. The molecule has 0 heterocycles. The second-order valence-corrected chi connectivity index (χ2v) is 4.96. The molecule has 1 atom stereocenters. The fraction of sp³-hybridized carbons (Fsp3) is 0.455. The van der Waals surface area contributed by atoms with Gasteiger partial charge in [0.1, 0.15) is 11.5 Å². The summed E-state index contributed by atoms with van der Waals surface area (Å²) in [5, 5.41) is 0. The fourth-order valence-corrected chi connectivity index (χ4v) is 1.61. The van der Waals surface area contributed by atoms with E-state index in [4.69, 9.17) is 4.74 Å². The van der Waals surface area contributed by atoms with Crippen molar-refractivity contribution in [3.63, 3.8) is 0 Å². The van der Waals surface area contributed by atoms with Crippen molar-refractivity contribution in [3.8, 4) is 11.5 Å². The van der Waals surface area contributed by atoms with Crippen molar-refractivity contribution >= 4 is 28.6 Å². The summed E-state index contributed by atoms with van der Waals surface area (Å²) in [6, 6.07) is 4.07. The summed E-state index contributed by atoms with van der Waals surface area (Å²) in [6.45, 7) is 2.42. The molecule has 1 aromatic carbocycles. The Morgan fingerprint density at radius 2 is 2.06 bits per heavy atom. The first-order valence-corrected chi connectivity index (χ1v) is 6.53. The molecule has 0 radical (unpaired) electrons. The molecule has 0 saturated heterocycles. The summed E-state index contributed by atoms with van der Waals surface area (Å²) < 4.78 is 45.5. The highest BCUT2D eigenvalue weighted by Crippen LogP contribution is 2.33. The first-order valence-electron chi connectivity index (χ1n) is 5.11. The Morgan fingerprint density at radius 1 is 1.39 bits per heavy atom. The summed E-state index contributed by atoms with van der Waals surface area (Å²) in [4.78, 5) is 0. The van der Waals surface area contributed by atoms with Gasteiger partial charge < -0.3 is 9.47 Å². The van der Waals surface area contributed by atoms with Crippen LogP contribution in [0.4, 0.5) is 13.2 Å². The van der Waals surface area contributed by atoms with E-state index in [9.17, 15) is 13.2 Å². The summed E-state index contributed by atoms with van der Waals surface area (Å²) in [6.07, 6.45) is -4.70. The van der Waals surface area contributed by atoms with Crippen molar-refractivity contribution in [3.05, 3.63) is 22.7 Å². The van der Waals surface area contributed by atoms with Crippen LogP contribution in [0.1, 0.15) is 6.92 Å². The molecule has 0 aliphatic rings. The molecule has 0 aromatic heterocycles. The van der Waals surface area contributed by atoms with Gasteiger partial charge in [-0.2, -0.15) is 12.6 Å². The number of rotatable bonds is 5. The predicted molar refractivity (Wildman–Crippen MR) is 69.3 cm³/mol. The van der Waals surface area contributed by atoms with E-state index in [0.717, 1.165) is 0 Å². The monoisotopic (exact) mass is 344 g/mol. The molecular weight excluding hydrogens is 333 g/mol. The van der Waals surface area contributed by atoms with Crippen LogP contribution in [0.25, 0.3) is 0 Å². The molecule has 1 unspecified atom stereocenters. The number of ether oxygens (including phenoxy) is 2. The zero-order chi connectivity index (χ0) is 13.8. The number of alkyl halides is 3. The lowest BCUT2D eigenvalue weighted by Gasteiger charge is -2.13. The summed E-state index contributed by atoms with van der Waals surface area (Å²) in [7, 11) is 0. The van der Waals surface area contributed by atoms with Crippen molar-refractivity contribution < 1.29 is 22.6 Å². The van der Waals surface area contributed by atoms with E-state index in [1.807, 2.05) is 6.92 Å². The van der Waals surface area contributed by atoms with Gasteiger partial charge in [0.25, 0.3) is 0 Å². The van der Waals surface area contributed by atoms with Gasteiger partial charge in [0, 0.05) is 0 Å². The van der Waals surface area contributed by atoms with Crippen molar-refractivity contribution in [1.29, 1.82) is 0 Å². The van der Waals surface area contributed by atoms with Crippen LogP contribution in [0.3, 0.4) is 0 Å². The van der Waals surface area contributed by atoms with E-state index in [2.05, 4.69) is 33.3 Å². The van der Waals surface area contributed by atoms with E-state index >= 15 is 0 Å². The number of thiol groups is 1. The van der Waals surface area contributed by atoms with E-state index < -0.39 is 6.36 Å². The number of hydrogen-bond donors (Lipinski definition) is 1. The number of halogens is 4. The van der Waals surface area contributed by atoms with Crippen LogP contribution in [0.2, 0.25) is 0 Å². The highest BCUT2D eigenvalue weighted by Gasteiger charge is 2.31. The Labute approximate surface area is 117 Å². The molecule has 0 spiro atoms. The van der Waals surface area contributed by atoms with E-state index in [1.165, 1.54) is 18.2 Å². The van der Waals surface area contributed by atoms with Gasteiger partial charge in [-0.05, 0) is 45.8 Å². The van der Waals surface area contributed by atoms with Crippen LogP contribution in [0, 0.1) is 5.92 Å². The molecule has 0 aliphatic heterocycles. The van der Waals surface area contributed by atoms with Crippen molar-refractivity contribution in [2.24, 2.45) is 5.92 Å². The lowest BCUT2D eigenvalue weighted by atomic mass is 10.2. The molecule has 0 N–H and O–H groups in total. The molecule has 0 amide bonds. The minimum absolute atomic E-state index is 0.191. The zero-order valence-electron chi connectivity index (χ0n) is 9.50. The third-order valence-corrected chi connectivity index (χ3v) is 3.22. The zero-order valence-corrected chi connectivity index (χ0v) is 12.0. The Bertz CT molecular complexity index is 398. The highest BCUT2D eigenvalue weighted by atomic mass is 79.9. The van der Waals surface area contributed by atoms with Crippen LogP contribution < -0.4 is 9.47 Å². The first-order chi connectivity index (χ1) is 8.31. The molecule has 0 bridgehead atoms. The second kappa shape index (κ2) is 6.56. The number of hydrogen-bond acceptors (Lipinski definition) is 3. The SMILES string of the molecule is CC(CS)COc1ccc(OC(F)(F)F)c(Br)c1. The lowest BCUT2D eigenvalue weighted by Crippen LogP contribution is -2.17. The van der Waals surface area contributed by atoms with E-state index in [1.54, 1.807) is 0 Å². The van der Waals surface area contributed by atoms with Crippen LogP contribution in [0.5, 0.6) is 11.5 Å². The minimum atomic E-state index is -4.70. The standard InChI is InChI=1S/C11H12BrF3O2S/c1-7(6-18)5-16-8-2-3-10(9(12)4-8)17-11(13,14)15/h2-4,7,18H,5-6H2,1H3. The minimum Gasteiger partial charge on any atom is -0.493 e. The van der Waals surface area contributed by atoms with Crippen LogP contribution >= 0.6 is 28.6 Å². The van der Waals surface area contributed by atoms with Gasteiger partial charge in [-0.3, -0.25) is 0 Å². The van der Waals surface area contributed by atoms with Crippen molar-refractivity contribution in [2.75, 3.05) is 12.4 Å². The summed E-state index contributed by atoms with van der Waals surface area (Å²) >= 11 is 7.11. The first kappa shape index (κ1) is 15.5. The average molecular weight is 345 g/mol. The fourth-order valence-electron chi connectivity index (χ4n) is 1.07. The topological polar surface area (TPSA) is 18.5 Å². The Balaban J connectivity index is 2.67. The molecule has 2 nitrogen and oxygen atoms in total. The normalized spacial score (nSPS) is 13.2. The maximum atomic E-state index is 12.0. The van der Waals surface area contributed by atoms with Crippen LogP contribution in [0.15, 0.2) is 22.7 Å². The van der Waals surface area contributed by atoms with Gasteiger partial charge in [-0.1, -0.05) is 6.92 Å². The second-order valence-electron chi connectivity index (χ2n) is 3.74. The molecule has 1 aromatic rings. The molecule has 0 saturated carbocycles. The van der Waals surface area contributed by atoms with Gasteiger partial charge in [-0.25, -0.2) is 0 Å². The quantitative estimate of drug-likeness (QED) is 0.803. The molecule has 18 heavy (non-hydrogen) atoms. The largest absolute Gasteiger partial charge is 0.573 e. The van der Waals surface area contributed by atoms with E-state index in [0.29, 0.717) is 18.1 Å². The molecule has 0 aliphatic carbocycles. The summed E-state index contributed by atoms with van der Waals surface area (Å²) in [5.74, 6) is 1.12. The van der Waals surface area contributed by atoms with Gasteiger partial charge in [0.15, 0.2) is 0 Å². The summed E-state index contributed by atoms with van der Waals surface area (Å²) in [5.41, 5.74) is 0.